The summed E-state index contributed by atoms with van der Waals surface area (Å²) in [6.45, 7) is 0.280. The predicted molar refractivity (Wildman–Crippen MR) is 47.5 cm³/mol. The minimum absolute atomic E-state index is 0.100. The first-order chi connectivity index (χ1) is 6.27. The van der Waals surface area contributed by atoms with Crippen LogP contribution in [0.1, 0.15) is 11.1 Å². The average Bonchev–Trinajstić information content (AvgIpc) is 2.16. The second kappa shape index (κ2) is 4.81. The first-order valence-corrected chi connectivity index (χ1v) is 4.06. The van der Waals surface area contributed by atoms with E-state index in [-0.39, 0.29) is 12.4 Å². The molecule has 0 fully saturated rings. The minimum atomic E-state index is -0.174. The monoisotopic (exact) mass is 183 g/mol. The lowest BCUT2D eigenvalue weighted by Crippen LogP contribution is -2.11. The van der Waals surface area contributed by atoms with E-state index in [1.54, 1.807) is 12.1 Å². The summed E-state index contributed by atoms with van der Waals surface area (Å²) in [6.07, 6.45) is 0.657. The lowest BCUT2D eigenvalue weighted by atomic mass is 10.1. The molecule has 4 nitrogen and oxygen atoms in total. The van der Waals surface area contributed by atoms with Gasteiger partial charge >= 0.3 is 0 Å². The molecule has 1 aromatic rings. The standard InChI is InChI=1S/C9H13NO3/c11-6-8-5-7(3-4-10-13)1-2-9(8)12/h1-2,5,10-13H,3-4,6H2. The van der Waals surface area contributed by atoms with Crippen molar-refractivity contribution in [2.24, 2.45) is 0 Å². The van der Waals surface area contributed by atoms with Crippen LogP contribution in [0.15, 0.2) is 18.2 Å². The van der Waals surface area contributed by atoms with E-state index >= 15 is 0 Å². The van der Waals surface area contributed by atoms with Crippen LogP contribution in [0.25, 0.3) is 0 Å². The molecular weight excluding hydrogens is 170 g/mol. The molecule has 13 heavy (non-hydrogen) atoms. The van der Waals surface area contributed by atoms with Gasteiger partial charge in [-0.1, -0.05) is 6.07 Å². The molecular formula is C9H13NO3. The van der Waals surface area contributed by atoms with Crippen LogP contribution in [0.2, 0.25) is 0 Å². The number of nitrogens with one attached hydrogen (secondary N) is 1. The van der Waals surface area contributed by atoms with Crippen molar-refractivity contribution in [1.82, 2.24) is 5.48 Å². The second-order valence-corrected chi connectivity index (χ2v) is 2.78. The average molecular weight is 183 g/mol. The number of hydroxylamine groups is 1. The van der Waals surface area contributed by atoms with Crippen molar-refractivity contribution in [2.75, 3.05) is 6.54 Å². The maximum atomic E-state index is 9.24. The van der Waals surface area contributed by atoms with Crippen molar-refractivity contribution in [1.29, 1.82) is 0 Å². The molecule has 1 aromatic carbocycles. The number of aromatic hydroxyl groups is 1. The summed E-state index contributed by atoms with van der Waals surface area (Å²) in [4.78, 5) is 0. The van der Waals surface area contributed by atoms with Gasteiger partial charge in [-0.15, -0.1) is 0 Å². The molecule has 0 aromatic heterocycles. The Kier molecular flexibility index (Phi) is 3.70. The SMILES string of the molecule is OCc1cc(CCNO)ccc1O. The number of aliphatic hydroxyl groups is 1. The van der Waals surface area contributed by atoms with Crippen molar-refractivity contribution in [3.05, 3.63) is 29.3 Å². The van der Waals surface area contributed by atoms with Crippen molar-refractivity contribution in [2.45, 2.75) is 13.0 Å². The lowest BCUT2D eigenvalue weighted by molar-refractivity contribution is 0.168. The van der Waals surface area contributed by atoms with Crippen LogP contribution in [0.3, 0.4) is 0 Å². The number of phenols is 1. The van der Waals surface area contributed by atoms with Crippen molar-refractivity contribution >= 4 is 0 Å². The zero-order valence-corrected chi connectivity index (χ0v) is 7.20. The van der Waals surface area contributed by atoms with Gasteiger partial charge in [0.1, 0.15) is 5.75 Å². The van der Waals surface area contributed by atoms with Crippen LogP contribution in [-0.4, -0.2) is 22.0 Å². The van der Waals surface area contributed by atoms with Gasteiger partial charge in [0, 0.05) is 12.1 Å². The molecule has 4 N–H and O–H groups in total. The van der Waals surface area contributed by atoms with Crippen LogP contribution in [0, 0.1) is 0 Å². The number of benzene rings is 1. The highest BCUT2D eigenvalue weighted by Gasteiger charge is 2.00. The summed E-state index contributed by atoms with van der Waals surface area (Å²) in [7, 11) is 0. The summed E-state index contributed by atoms with van der Waals surface area (Å²) in [5.41, 5.74) is 3.51. The van der Waals surface area contributed by atoms with E-state index in [9.17, 15) is 5.11 Å². The van der Waals surface area contributed by atoms with Gasteiger partial charge < -0.3 is 15.4 Å². The maximum absolute atomic E-state index is 9.24. The summed E-state index contributed by atoms with van der Waals surface area (Å²) < 4.78 is 0. The van der Waals surface area contributed by atoms with Gasteiger partial charge in [0.15, 0.2) is 0 Å². The normalized spacial score (nSPS) is 10.3. The number of hydrogen-bond donors (Lipinski definition) is 4. The molecule has 0 saturated heterocycles. The molecule has 0 aliphatic heterocycles. The molecule has 0 saturated carbocycles. The highest BCUT2D eigenvalue weighted by atomic mass is 16.5. The van der Waals surface area contributed by atoms with Crippen molar-refractivity contribution in [3.63, 3.8) is 0 Å². The number of hydrogen-bond acceptors (Lipinski definition) is 4. The molecule has 0 spiro atoms. The molecule has 0 atom stereocenters. The third kappa shape index (κ3) is 2.69. The van der Waals surface area contributed by atoms with Gasteiger partial charge in [-0.25, -0.2) is 5.48 Å². The van der Waals surface area contributed by atoms with Crippen molar-refractivity contribution in [3.8, 4) is 5.75 Å². The first kappa shape index (κ1) is 9.98. The molecule has 0 aliphatic carbocycles. The number of rotatable bonds is 4. The fraction of sp³-hybridized carbons (Fsp3) is 0.333. The van der Waals surface area contributed by atoms with Crippen LogP contribution < -0.4 is 5.48 Å². The lowest BCUT2D eigenvalue weighted by Gasteiger charge is -2.04. The van der Waals surface area contributed by atoms with E-state index in [1.165, 1.54) is 6.07 Å². The highest BCUT2D eigenvalue weighted by Crippen LogP contribution is 2.18. The summed E-state index contributed by atoms with van der Waals surface area (Å²) in [6, 6.07) is 5.01. The highest BCUT2D eigenvalue weighted by molar-refractivity contribution is 5.35. The molecule has 4 heteroatoms. The quantitative estimate of drug-likeness (QED) is 0.510. The molecule has 0 amide bonds. The smallest absolute Gasteiger partial charge is 0.121 e. The maximum Gasteiger partial charge on any atom is 0.121 e. The van der Waals surface area contributed by atoms with Crippen LogP contribution >= 0.6 is 0 Å². The van der Waals surface area contributed by atoms with Crippen LogP contribution in [-0.2, 0) is 13.0 Å². The Hall–Kier alpha value is -1.10. The van der Waals surface area contributed by atoms with E-state index in [4.69, 9.17) is 10.3 Å². The fourth-order valence-electron chi connectivity index (χ4n) is 1.12. The van der Waals surface area contributed by atoms with E-state index in [2.05, 4.69) is 0 Å². The fourth-order valence-corrected chi connectivity index (χ4v) is 1.12. The van der Waals surface area contributed by atoms with E-state index < -0.39 is 0 Å². The third-order valence-corrected chi connectivity index (χ3v) is 1.84. The zero-order chi connectivity index (χ0) is 9.68. The molecule has 1 rings (SSSR count). The topological polar surface area (TPSA) is 72.7 Å². The Balaban J connectivity index is 2.74. The molecule has 0 unspecified atom stereocenters. The van der Waals surface area contributed by atoms with Crippen LogP contribution in [0.5, 0.6) is 5.75 Å². The van der Waals surface area contributed by atoms with Gasteiger partial charge in [-0.05, 0) is 24.1 Å². The van der Waals surface area contributed by atoms with Gasteiger partial charge in [0.2, 0.25) is 0 Å². The first-order valence-electron chi connectivity index (χ1n) is 4.06. The number of aliphatic hydroxyl groups excluding tert-OH is 1. The van der Waals surface area contributed by atoms with Gasteiger partial charge in [0.25, 0.3) is 0 Å². The van der Waals surface area contributed by atoms with Crippen molar-refractivity contribution < 1.29 is 15.4 Å². The molecule has 0 heterocycles. The molecule has 0 aliphatic rings. The van der Waals surface area contributed by atoms with Gasteiger partial charge in [-0.2, -0.15) is 0 Å². The zero-order valence-electron chi connectivity index (χ0n) is 7.20. The third-order valence-electron chi connectivity index (χ3n) is 1.84. The Morgan fingerprint density at radius 3 is 2.69 bits per heavy atom. The van der Waals surface area contributed by atoms with Gasteiger partial charge in [-0.3, -0.25) is 0 Å². The van der Waals surface area contributed by atoms with Crippen LogP contribution in [0.4, 0.5) is 0 Å². The largest absolute Gasteiger partial charge is 0.508 e. The molecule has 0 bridgehead atoms. The van der Waals surface area contributed by atoms with E-state index in [0.717, 1.165) is 5.56 Å². The Labute approximate surface area is 76.4 Å². The molecule has 72 valence electrons. The summed E-state index contributed by atoms with van der Waals surface area (Å²) >= 11 is 0. The summed E-state index contributed by atoms with van der Waals surface area (Å²) in [5, 5.41) is 26.4. The Morgan fingerprint density at radius 1 is 1.31 bits per heavy atom. The predicted octanol–water partition coefficient (Wildman–Crippen LogP) is 0.406. The van der Waals surface area contributed by atoms with E-state index in [1.807, 2.05) is 5.48 Å². The Bertz CT molecular complexity index is 276. The Morgan fingerprint density at radius 2 is 2.08 bits per heavy atom. The minimum Gasteiger partial charge on any atom is -0.508 e. The summed E-state index contributed by atoms with van der Waals surface area (Å²) in [5.74, 6) is 0.100. The van der Waals surface area contributed by atoms with Gasteiger partial charge in [0.05, 0.1) is 6.61 Å². The molecule has 0 radical (unpaired) electrons. The van der Waals surface area contributed by atoms with E-state index in [0.29, 0.717) is 18.5 Å². The second-order valence-electron chi connectivity index (χ2n) is 2.78.